The summed E-state index contributed by atoms with van der Waals surface area (Å²) in [4.78, 5) is 3.93. The molecule has 0 amide bonds. The second-order valence-electron chi connectivity index (χ2n) is 3.53. The van der Waals surface area contributed by atoms with E-state index in [0.717, 1.165) is 18.7 Å². The van der Waals surface area contributed by atoms with Crippen LogP contribution in [-0.4, -0.2) is 11.5 Å². The first kappa shape index (κ1) is 11.0. The van der Waals surface area contributed by atoms with Gasteiger partial charge in [-0.05, 0) is 24.1 Å². The molecule has 0 aliphatic rings. The molecule has 0 spiro atoms. The van der Waals surface area contributed by atoms with Crippen molar-refractivity contribution in [2.24, 2.45) is 0 Å². The predicted octanol–water partition coefficient (Wildman–Crippen LogP) is 3.39. The van der Waals surface area contributed by atoms with Gasteiger partial charge >= 0.3 is 0 Å². The van der Waals surface area contributed by atoms with E-state index in [1.165, 1.54) is 5.56 Å². The molecule has 0 bridgehead atoms. The summed E-state index contributed by atoms with van der Waals surface area (Å²) in [5.41, 5.74) is 2.34. The molecule has 3 heteroatoms. The van der Waals surface area contributed by atoms with Crippen molar-refractivity contribution in [2.45, 2.75) is 6.42 Å². The number of halogens is 1. The van der Waals surface area contributed by atoms with Crippen molar-refractivity contribution in [3.8, 4) is 0 Å². The van der Waals surface area contributed by atoms with Crippen molar-refractivity contribution in [1.82, 2.24) is 4.98 Å². The molecule has 1 aromatic heterocycles. The smallest absolute Gasteiger partial charge is 0.131 e. The summed E-state index contributed by atoms with van der Waals surface area (Å²) < 4.78 is 0. The van der Waals surface area contributed by atoms with Crippen molar-refractivity contribution in [2.75, 3.05) is 11.9 Å². The Morgan fingerprint density at radius 3 is 2.69 bits per heavy atom. The number of hydrogen-bond acceptors (Lipinski definition) is 2. The topological polar surface area (TPSA) is 24.9 Å². The lowest BCUT2D eigenvalue weighted by Crippen LogP contribution is -2.04. The minimum absolute atomic E-state index is 0.518. The van der Waals surface area contributed by atoms with E-state index in [4.69, 9.17) is 11.6 Å². The van der Waals surface area contributed by atoms with Crippen molar-refractivity contribution in [3.63, 3.8) is 0 Å². The minimum atomic E-state index is 0.518. The number of hydrogen-bond donors (Lipinski definition) is 1. The molecule has 0 aliphatic heterocycles. The average Bonchev–Trinajstić information content (AvgIpc) is 2.30. The van der Waals surface area contributed by atoms with E-state index in [1.54, 1.807) is 6.20 Å². The number of nitrogens with zero attached hydrogens (tertiary/aromatic N) is 1. The second kappa shape index (κ2) is 5.52. The highest BCUT2D eigenvalue weighted by Gasteiger charge is 1.94. The fourth-order valence-electron chi connectivity index (χ4n) is 1.51. The third kappa shape index (κ3) is 3.24. The standard InChI is InChI=1S/C13H13ClN2/c14-13-10-12(7-9-16-13)15-8-6-11-4-2-1-3-5-11/h1-5,7,9-10H,6,8H2,(H,15,16). The Kier molecular flexibility index (Phi) is 3.78. The van der Waals surface area contributed by atoms with Crippen molar-refractivity contribution in [1.29, 1.82) is 0 Å². The van der Waals surface area contributed by atoms with Gasteiger partial charge in [0, 0.05) is 18.4 Å². The molecule has 0 fully saturated rings. The summed E-state index contributed by atoms with van der Waals surface area (Å²) in [7, 11) is 0. The van der Waals surface area contributed by atoms with E-state index in [2.05, 4.69) is 34.6 Å². The molecule has 16 heavy (non-hydrogen) atoms. The summed E-state index contributed by atoms with van der Waals surface area (Å²) in [6, 6.07) is 14.1. The number of rotatable bonds is 4. The van der Waals surface area contributed by atoms with E-state index in [-0.39, 0.29) is 0 Å². The van der Waals surface area contributed by atoms with Crippen LogP contribution in [0.2, 0.25) is 5.15 Å². The number of anilines is 1. The van der Waals surface area contributed by atoms with Gasteiger partial charge in [0.15, 0.2) is 0 Å². The molecule has 1 aromatic carbocycles. The monoisotopic (exact) mass is 232 g/mol. The Morgan fingerprint density at radius 1 is 1.12 bits per heavy atom. The first-order chi connectivity index (χ1) is 7.84. The third-order valence-corrected chi connectivity index (χ3v) is 2.52. The summed E-state index contributed by atoms with van der Waals surface area (Å²) >= 11 is 5.79. The van der Waals surface area contributed by atoms with Crippen LogP contribution in [0.1, 0.15) is 5.56 Å². The van der Waals surface area contributed by atoms with E-state index >= 15 is 0 Å². The summed E-state index contributed by atoms with van der Waals surface area (Å²) in [5.74, 6) is 0. The Bertz CT molecular complexity index is 443. The molecule has 0 saturated carbocycles. The van der Waals surface area contributed by atoms with Gasteiger partial charge in [-0.1, -0.05) is 41.9 Å². The summed E-state index contributed by atoms with van der Waals surface area (Å²) in [5, 5.41) is 3.83. The molecule has 1 heterocycles. The number of benzene rings is 1. The Hall–Kier alpha value is -1.54. The van der Waals surface area contributed by atoms with Crippen molar-refractivity contribution < 1.29 is 0 Å². The molecule has 2 rings (SSSR count). The minimum Gasteiger partial charge on any atom is -0.385 e. The molecule has 0 unspecified atom stereocenters. The first-order valence-corrected chi connectivity index (χ1v) is 5.62. The number of aromatic nitrogens is 1. The Morgan fingerprint density at radius 2 is 1.94 bits per heavy atom. The van der Waals surface area contributed by atoms with E-state index in [1.807, 2.05) is 18.2 Å². The van der Waals surface area contributed by atoms with Gasteiger partial charge in [-0.3, -0.25) is 0 Å². The maximum Gasteiger partial charge on any atom is 0.131 e. The molecule has 0 saturated heterocycles. The lowest BCUT2D eigenvalue weighted by Gasteiger charge is -2.06. The first-order valence-electron chi connectivity index (χ1n) is 5.24. The van der Waals surface area contributed by atoms with Crippen LogP contribution in [-0.2, 0) is 6.42 Å². The molecule has 0 radical (unpaired) electrons. The van der Waals surface area contributed by atoms with Crippen LogP contribution in [0.4, 0.5) is 5.69 Å². The largest absolute Gasteiger partial charge is 0.385 e. The predicted molar refractivity (Wildman–Crippen MR) is 67.9 cm³/mol. The van der Waals surface area contributed by atoms with Gasteiger partial charge in [0.05, 0.1) is 0 Å². The van der Waals surface area contributed by atoms with E-state index in [9.17, 15) is 0 Å². The quantitative estimate of drug-likeness (QED) is 0.818. The summed E-state index contributed by atoms with van der Waals surface area (Å²) in [6.45, 7) is 0.893. The van der Waals surface area contributed by atoms with Crippen molar-refractivity contribution in [3.05, 3.63) is 59.4 Å². The van der Waals surface area contributed by atoms with Crippen LogP contribution in [0, 0.1) is 0 Å². The van der Waals surface area contributed by atoms with Crippen LogP contribution in [0.15, 0.2) is 48.7 Å². The molecule has 2 aromatic rings. The maximum absolute atomic E-state index is 5.79. The van der Waals surface area contributed by atoms with Crippen LogP contribution in [0.3, 0.4) is 0 Å². The van der Waals surface area contributed by atoms with Crippen LogP contribution >= 0.6 is 11.6 Å². The molecule has 0 atom stereocenters. The lowest BCUT2D eigenvalue weighted by atomic mass is 10.1. The van der Waals surface area contributed by atoms with E-state index < -0.39 is 0 Å². The molecule has 82 valence electrons. The van der Waals surface area contributed by atoms with Gasteiger partial charge in [0.25, 0.3) is 0 Å². The van der Waals surface area contributed by atoms with Crippen molar-refractivity contribution >= 4 is 17.3 Å². The molecule has 1 N–H and O–H groups in total. The lowest BCUT2D eigenvalue weighted by molar-refractivity contribution is 1.02. The SMILES string of the molecule is Clc1cc(NCCc2ccccc2)ccn1. The van der Waals surface area contributed by atoms with Crippen LogP contribution < -0.4 is 5.32 Å². The highest BCUT2D eigenvalue weighted by atomic mass is 35.5. The fourth-order valence-corrected chi connectivity index (χ4v) is 1.68. The van der Waals surface area contributed by atoms with Gasteiger partial charge in [-0.15, -0.1) is 0 Å². The van der Waals surface area contributed by atoms with Gasteiger partial charge in [-0.2, -0.15) is 0 Å². The Labute approximate surface area is 100 Å². The van der Waals surface area contributed by atoms with Gasteiger partial charge in [0.1, 0.15) is 5.15 Å². The van der Waals surface area contributed by atoms with Gasteiger partial charge in [-0.25, -0.2) is 4.98 Å². The zero-order valence-corrected chi connectivity index (χ0v) is 9.61. The number of nitrogens with one attached hydrogen (secondary N) is 1. The highest BCUT2D eigenvalue weighted by Crippen LogP contribution is 2.11. The second-order valence-corrected chi connectivity index (χ2v) is 3.92. The van der Waals surface area contributed by atoms with Crippen LogP contribution in [0.5, 0.6) is 0 Å². The summed E-state index contributed by atoms with van der Waals surface area (Å²) in [6.07, 6.45) is 2.70. The normalized spacial score (nSPS) is 10.1. The van der Waals surface area contributed by atoms with E-state index in [0.29, 0.717) is 5.15 Å². The third-order valence-electron chi connectivity index (χ3n) is 2.31. The molecule has 2 nitrogen and oxygen atoms in total. The maximum atomic E-state index is 5.79. The average molecular weight is 233 g/mol. The molecular formula is C13H13ClN2. The Balaban J connectivity index is 1.85. The zero-order valence-electron chi connectivity index (χ0n) is 8.86. The molecular weight excluding hydrogens is 220 g/mol. The van der Waals surface area contributed by atoms with Gasteiger partial charge in [0.2, 0.25) is 0 Å². The van der Waals surface area contributed by atoms with Gasteiger partial charge < -0.3 is 5.32 Å². The van der Waals surface area contributed by atoms with Crippen LogP contribution in [0.25, 0.3) is 0 Å². The highest BCUT2D eigenvalue weighted by molar-refractivity contribution is 6.29. The molecule has 0 aliphatic carbocycles. The number of pyridine rings is 1. The zero-order chi connectivity index (χ0) is 11.2. The fraction of sp³-hybridized carbons (Fsp3) is 0.154.